The number of H-pyrrole nitrogens is 1. The molecule has 96 valence electrons. The van der Waals surface area contributed by atoms with Gasteiger partial charge >= 0.3 is 0 Å². The highest BCUT2D eigenvalue weighted by molar-refractivity contribution is 5.79. The molecule has 0 aliphatic heterocycles. The molecule has 3 heterocycles. The minimum absolute atomic E-state index is 0.261. The molecule has 0 bridgehead atoms. The molecule has 6 nitrogen and oxygen atoms in total. The number of hydrogen-bond acceptors (Lipinski definition) is 5. The lowest BCUT2D eigenvalue weighted by Crippen LogP contribution is -1.99. The molecule has 3 rings (SSSR count). The van der Waals surface area contributed by atoms with E-state index >= 15 is 0 Å². The molecule has 0 fully saturated rings. The topological polar surface area (TPSA) is 79.4 Å². The van der Waals surface area contributed by atoms with E-state index in [4.69, 9.17) is 0 Å². The number of nitrogens with one attached hydrogen (secondary N) is 2. The predicted molar refractivity (Wildman–Crippen MR) is 64.2 cm³/mol. The van der Waals surface area contributed by atoms with E-state index in [1.165, 1.54) is 6.07 Å². The summed E-state index contributed by atoms with van der Waals surface area (Å²) < 4.78 is 25.0. The third-order valence-electron chi connectivity index (χ3n) is 2.49. The molecule has 8 heteroatoms. The highest BCUT2D eigenvalue weighted by Crippen LogP contribution is 2.20. The van der Waals surface area contributed by atoms with Crippen LogP contribution in [0.5, 0.6) is 0 Å². The van der Waals surface area contributed by atoms with Crippen LogP contribution in [0.2, 0.25) is 0 Å². The molecule has 0 aromatic carbocycles. The van der Waals surface area contributed by atoms with Crippen molar-refractivity contribution < 1.29 is 8.78 Å². The maximum Gasteiger partial charge on any atom is 0.280 e. The second kappa shape index (κ2) is 4.56. The normalized spacial score (nSPS) is 11.1. The number of aromatic nitrogens is 5. The number of aromatic amines is 1. The minimum atomic E-state index is -2.63. The van der Waals surface area contributed by atoms with Crippen LogP contribution in [-0.2, 0) is 0 Å². The Morgan fingerprint density at radius 2 is 1.89 bits per heavy atom. The van der Waals surface area contributed by atoms with Gasteiger partial charge in [-0.25, -0.2) is 23.7 Å². The van der Waals surface area contributed by atoms with Gasteiger partial charge in [0.1, 0.15) is 23.7 Å². The second-order valence-corrected chi connectivity index (χ2v) is 3.78. The Balaban J connectivity index is 1.89. The van der Waals surface area contributed by atoms with Gasteiger partial charge in [0.2, 0.25) is 0 Å². The first-order valence-corrected chi connectivity index (χ1v) is 5.38. The lowest BCUT2D eigenvalue weighted by Gasteiger charge is -2.05. The first-order chi connectivity index (χ1) is 9.22. The van der Waals surface area contributed by atoms with E-state index in [1.54, 1.807) is 18.5 Å². The molecule has 0 atom stereocenters. The Kier molecular flexibility index (Phi) is 2.75. The van der Waals surface area contributed by atoms with Crippen LogP contribution in [0, 0.1) is 0 Å². The average Bonchev–Trinajstić information content (AvgIpc) is 2.86. The number of fused-ring (bicyclic) bond motifs is 1. The molecule has 0 saturated heterocycles. The zero-order valence-electron chi connectivity index (χ0n) is 9.51. The number of halogens is 2. The molecule has 3 aromatic heterocycles. The van der Waals surface area contributed by atoms with Crippen LogP contribution in [0.4, 0.5) is 20.4 Å². The average molecular weight is 262 g/mol. The number of anilines is 2. The summed E-state index contributed by atoms with van der Waals surface area (Å²) in [6.07, 6.45) is 1.72. The summed E-state index contributed by atoms with van der Waals surface area (Å²) >= 11 is 0. The quantitative estimate of drug-likeness (QED) is 0.757. The van der Waals surface area contributed by atoms with Gasteiger partial charge in [0.15, 0.2) is 0 Å². The van der Waals surface area contributed by atoms with Crippen molar-refractivity contribution in [1.29, 1.82) is 0 Å². The Hall–Kier alpha value is -2.64. The molecule has 0 amide bonds. The maximum absolute atomic E-state index is 12.5. The Morgan fingerprint density at radius 3 is 2.74 bits per heavy atom. The molecule has 19 heavy (non-hydrogen) atoms. The van der Waals surface area contributed by atoms with E-state index in [0.717, 1.165) is 17.2 Å². The molecular weight excluding hydrogens is 254 g/mol. The summed E-state index contributed by atoms with van der Waals surface area (Å²) in [6, 6.07) is 2.90. The highest BCUT2D eigenvalue weighted by Gasteiger charge is 2.10. The molecule has 0 saturated carbocycles. The lowest BCUT2D eigenvalue weighted by molar-refractivity contribution is 0.146. The number of nitrogens with zero attached hydrogens (tertiary/aromatic N) is 4. The summed E-state index contributed by atoms with van der Waals surface area (Å²) in [5.74, 6) is 0.743. The van der Waals surface area contributed by atoms with Crippen LogP contribution in [0.3, 0.4) is 0 Å². The van der Waals surface area contributed by atoms with Gasteiger partial charge in [0, 0.05) is 23.7 Å². The Labute approximate surface area is 105 Å². The Bertz CT molecular complexity index is 711. The molecular formula is C11H8F2N6. The van der Waals surface area contributed by atoms with Crippen molar-refractivity contribution in [2.24, 2.45) is 0 Å². The SMILES string of the molecule is FC(F)c1cc(Nc2cc3[nH]ncc3cn2)ncn1. The monoisotopic (exact) mass is 262 g/mol. The van der Waals surface area contributed by atoms with E-state index < -0.39 is 6.43 Å². The third kappa shape index (κ3) is 2.32. The maximum atomic E-state index is 12.5. The second-order valence-electron chi connectivity index (χ2n) is 3.78. The van der Waals surface area contributed by atoms with Crippen LogP contribution < -0.4 is 5.32 Å². The van der Waals surface area contributed by atoms with Crippen LogP contribution >= 0.6 is 0 Å². The van der Waals surface area contributed by atoms with Crippen LogP contribution in [0.25, 0.3) is 10.9 Å². The fraction of sp³-hybridized carbons (Fsp3) is 0.0909. The van der Waals surface area contributed by atoms with Crippen molar-refractivity contribution in [2.75, 3.05) is 5.32 Å². The third-order valence-corrected chi connectivity index (χ3v) is 2.49. The van der Waals surface area contributed by atoms with Crippen molar-refractivity contribution in [3.05, 3.63) is 36.5 Å². The van der Waals surface area contributed by atoms with E-state index in [0.29, 0.717) is 5.82 Å². The molecule has 0 aliphatic rings. The zero-order valence-corrected chi connectivity index (χ0v) is 9.51. The zero-order chi connectivity index (χ0) is 13.2. The first-order valence-electron chi connectivity index (χ1n) is 5.38. The molecule has 0 aliphatic carbocycles. The van der Waals surface area contributed by atoms with E-state index in [9.17, 15) is 8.78 Å². The van der Waals surface area contributed by atoms with Crippen molar-refractivity contribution in [3.8, 4) is 0 Å². The van der Waals surface area contributed by atoms with Gasteiger partial charge in [-0.05, 0) is 0 Å². The lowest BCUT2D eigenvalue weighted by atomic mass is 10.3. The van der Waals surface area contributed by atoms with Crippen molar-refractivity contribution in [1.82, 2.24) is 25.1 Å². The van der Waals surface area contributed by atoms with E-state index in [2.05, 4.69) is 30.5 Å². The fourth-order valence-electron chi connectivity index (χ4n) is 1.60. The molecule has 2 N–H and O–H groups in total. The standard InChI is InChI=1S/C11H8F2N6/c12-11(13)8-2-10(16-5-15-8)18-9-1-7-6(3-14-9)4-17-19-7/h1-5,11H,(H,17,19)(H,14,15,16,18). The molecule has 0 spiro atoms. The van der Waals surface area contributed by atoms with Gasteiger partial charge < -0.3 is 5.32 Å². The van der Waals surface area contributed by atoms with E-state index in [1.807, 2.05) is 0 Å². The van der Waals surface area contributed by atoms with Crippen LogP contribution in [-0.4, -0.2) is 25.1 Å². The summed E-state index contributed by atoms with van der Waals surface area (Å²) in [5.41, 5.74) is 0.459. The van der Waals surface area contributed by atoms with Gasteiger partial charge in [-0.1, -0.05) is 0 Å². The van der Waals surface area contributed by atoms with Gasteiger partial charge in [0.05, 0.1) is 11.7 Å². The van der Waals surface area contributed by atoms with Gasteiger partial charge in [-0.15, -0.1) is 0 Å². The van der Waals surface area contributed by atoms with Crippen molar-refractivity contribution in [2.45, 2.75) is 6.43 Å². The summed E-state index contributed by atoms with van der Waals surface area (Å²) in [5, 5.41) is 10.4. The van der Waals surface area contributed by atoms with Crippen molar-refractivity contribution >= 4 is 22.5 Å². The minimum Gasteiger partial charge on any atom is -0.325 e. The highest BCUT2D eigenvalue weighted by atomic mass is 19.3. The number of rotatable bonds is 3. The smallest absolute Gasteiger partial charge is 0.280 e. The van der Waals surface area contributed by atoms with Gasteiger partial charge in [-0.2, -0.15) is 5.10 Å². The van der Waals surface area contributed by atoms with Gasteiger partial charge in [0.25, 0.3) is 6.43 Å². The molecule has 0 unspecified atom stereocenters. The number of hydrogen-bond donors (Lipinski definition) is 2. The fourth-order valence-corrected chi connectivity index (χ4v) is 1.60. The van der Waals surface area contributed by atoms with E-state index in [-0.39, 0.29) is 11.5 Å². The molecule has 3 aromatic rings. The molecule has 0 radical (unpaired) electrons. The summed E-state index contributed by atoms with van der Waals surface area (Å²) in [4.78, 5) is 11.5. The van der Waals surface area contributed by atoms with Crippen molar-refractivity contribution in [3.63, 3.8) is 0 Å². The first kappa shape index (κ1) is 11.5. The Morgan fingerprint density at radius 1 is 1.05 bits per heavy atom. The predicted octanol–water partition coefficient (Wildman–Crippen LogP) is 2.43. The summed E-state index contributed by atoms with van der Waals surface area (Å²) in [6.45, 7) is 0. The summed E-state index contributed by atoms with van der Waals surface area (Å²) in [7, 11) is 0. The number of pyridine rings is 1. The van der Waals surface area contributed by atoms with Crippen LogP contribution in [0.15, 0.2) is 30.9 Å². The largest absolute Gasteiger partial charge is 0.325 e. The van der Waals surface area contributed by atoms with Crippen LogP contribution in [0.1, 0.15) is 12.1 Å². The number of alkyl halides is 2. The van der Waals surface area contributed by atoms with Gasteiger partial charge in [-0.3, -0.25) is 5.10 Å².